The van der Waals surface area contributed by atoms with E-state index in [-0.39, 0.29) is 5.92 Å². The summed E-state index contributed by atoms with van der Waals surface area (Å²) in [6.07, 6.45) is 9.15. The van der Waals surface area contributed by atoms with E-state index in [0.29, 0.717) is 29.8 Å². The van der Waals surface area contributed by atoms with E-state index in [1.165, 1.54) is 30.4 Å². The molecule has 2 bridgehead atoms. The van der Waals surface area contributed by atoms with Crippen molar-refractivity contribution in [1.82, 2.24) is 4.90 Å². The van der Waals surface area contributed by atoms with Crippen LogP contribution in [0.25, 0.3) is 0 Å². The number of hydrogen-bond donors (Lipinski definition) is 1. The van der Waals surface area contributed by atoms with E-state index in [9.17, 15) is 4.79 Å². The highest BCUT2D eigenvalue weighted by Gasteiger charge is 2.43. The van der Waals surface area contributed by atoms with Gasteiger partial charge in [-0.25, -0.2) is 0 Å². The van der Waals surface area contributed by atoms with Gasteiger partial charge < -0.3 is 10.6 Å². The third-order valence-electron chi connectivity index (χ3n) is 7.14. The molecule has 0 radical (unpaired) electrons. The fourth-order valence-corrected chi connectivity index (χ4v) is 5.66. The van der Waals surface area contributed by atoms with Crippen LogP contribution < -0.4 is 5.73 Å². The molecule has 2 aliphatic carbocycles. The third kappa shape index (κ3) is 3.36. The zero-order valence-electron chi connectivity index (χ0n) is 15.5. The van der Waals surface area contributed by atoms with Crippen molar-refractivity contribution in [1.29, 1.82) is 0 Å². The number of carbonyl (C=O) groups is 1. The third-order valence-corrected chi connectivity index (χ3v) is 7.14. The molecule has 3 heteroatoms. The zero-order chi connectivity index (χ0) is 17.4. The molecule has 3 unspecified atom stereocenters. The van der Waals surface area contributed by atoms with Crippen molar-refractivity contribution in [2.75, 3.05) is 6.54 Å². The van der Waals surface area contributed by atoms with Crippen LogP contribution in [0.1, 0.15) is 56.1 Å². The molecule has 1 aliphatic heterocycles. The Morgan fingerprint density at radius 1 is 1.12 bits per heavy atom. The van der Waals surface area contributed by atoms with Gasteiger partial charge in [-0.1, -0.05) is 30.7 Å². The first-order valence-electron chi connectivity index (χ1n) is 10.2. The van der Waals surface area contributed by atoms with Crippen molar-refractivity contribution in [3.05, 3.63) is 35.4 Å². The Labute approximate surface area is 152 Å². The highest BCUT2D eigenvalue weighted by atomic mass is 16.2. The van der Waals surface area contributed by atoms with E-state index in [0.717, 1.165) is 38.6 Å². The summed E-state index contributed by atoms with van der Waals surface area (Å²) in [6.45, 7) is 3.13. The molecule has 1 saturated heterocycles. The molecular formula is C22H32N2O. The molecule has 1 heterocycles. The first kappa shape index (κ1) is 17.1. The lowest BCUT2D eigenvalue weighted by Crippen LogP contribution is -2.50. The summed E-state index contributed by atoms with van der Waals surface area (Å²) in [5.74, 6) is 1.82. The molecule has 1 amide bonds. The maximum atomic E-state index is 13.3. The van der Waals surface area contributed by atoms with E-state index in [4.69, 9.17) is 5.73 Å². The lowest BCUT2D eigenvalue weighted by atomic mass is 9.65. The van der Waals surface area contributed by atoms with Crippen molar-refractivity contribution < 1.29 is 4.79 Å². The fourth-order valence-electron chi connectivity index (χ4n) is 5.66. The van der Waals surface area contributed by atoms with Crippen LogP contribution in [0.2, 0.25) is 0 Å². The quantitative estimate of drug-likeness (QED) is 0.912. The van der Waals surface area contributed by atoms with Crippen LogP contribution in [0, 0.1) is 24.7 Å². The molecule has 3 nitrogen and oxygen atoms in total. The zero-order valence-corrected chi connectivity index (χ0v) is 15.5. The predicted molar refractivity (Wildman–Crippen MR) is 101 cm³/mol. The minimum Gasteiger partial charge on any atom is -0.339 e. The van der Waals surface area contributed by atoms with E-state index in [2.05, 4.69) is 36.1 Å². The smallest absolute Gasteiger partial charge is 0.225 e. The number of fused-ring (bicyclic) bond motifs is 2. The largest absolute Gasteiger partial charge is 0.339 e. The van der Waals surface area contributed by atoms with Crippen LogP contribution in [0.4, 0.5) is 0 Å². The SMILES string of the molecule is Cc1ccccc1CC1CCCN1C(=O)C1CC2CCCC(C1)C2N. The standard InChI is InChI=1S/C22H32N2O/c1-15-6-2-3-7-16(15)14-20-10-5-11-24(20)22(25)19-12-17-8-4-9-18(13-19)21(17)23/h2-3,6-7,17-21H,4-5,8-14,23H2,1H3. The molecule has 0 spiro atoms. The van der Waals surface area contributed by atoms with Crippen LogP contribution >= 0.6 is 0 Å². The van der Waals surface area contributed by atoms with E-state index >= 15 is 0 Å². The number of nitrogens with zero attached hydrogens (tertiary/aromatic N) is 1. The number of carbonyl (C=O) groups excluding carboxylic acids is 1. The Hall–Kier alpha value is -1.35. The number of hydrogen-bond acceptors (Lipinski definition) is 2. The topological polar surface area (TPSA) is 46.3 Å². The van der Waals surface area contributed by atoms with Crippen molar-refractivity contribution in [2.45, 2.75) is 70.4 Å². The minimum absolute atomic E-state index is 0.229. The molecule has 1 aromatic rings. The van der Waals surface area contributed by atoms with Gasteiger partial charge in [0.2, 0.25) is 5.91 Å². The second-order valence-corrected chi connectivity index (χ2v) is 8.66. The second kappa shape index (κ2) is 7.11. The summed E-state index contributed by atoms with van der Waals surface area (Å²) in [5.41, 5.74) is 9.17. The van der Waals surface area contributed by atoms with Gasteiger partial charge in [-0.3, -0.25) is 4.79 Å². The minimum atomic E-state index is 0.229. The molecule has 25 heavy (non-hydrogen) atoms. The van der Waals surface area contributed by atoms with Crippen molar-refractivity contribution in [3.63, 3.8) is 0 Å². The molecule has 3 fully saturated rings. The number of benzene rings is 1. The van der Waals surface area contributed by atoms with E-state index < -0.39 is 0 Å². The van der Waals surface area contributed by atoms with Gasteiger partial charge in [0, 0.05) is 24.5 Å². The first-order chi connectivity index (χ1) is 12.1. The first-order valence-corrected chi connectivity index (χ1v) is 10.2. The normalized spacial score (nSPS) is 35.0. The van der Waals surface area contributed by atoms with Crippen LogP contribution in [0.15, 0.2) is 24.3 Å². The van der Waals surface area contributed by atoms with Crippen molar-refractivity contribution >= 4 is 5.91 Å². The lowest BCUT2D eigenvalue weighted by molar-refractivity contribution is -0.139. The predicted octanol–water partition coefficient (Wildman–Crippen LogP) is 3.68. The second-order valence-electron chi connectivity index (χ2n) is 8.66. The summed E-state index contributed by atoms with van der Waals surface area (Å²) >= 11 is 0. The summed E-state index contributed by atoms with van der Waals surface area (Å²) in [4.78, 5) is 15.5. The Bertz CT molecular complexity index is 614. The molecule has 2 saturated carbocycles. The van der Waals surface area contributed by atoms with Crippen molar-refractivity contribution in [3.8, 4) is 0 Å². The average molecular weight is 341 g/mol. The van der Waals surface area contributed by atoms with Gasteiger partial charge in [-0.05, 0) is 74.8 Å². The molecule has 3 atom stereocenters. The number of aryl methyl sites for hydroxylation is 1. The number of likely N-dealkylation sites (tertiary alicyclic amines) is 1. The van der Waals surface area contributed by atoms with Crippen LogP contribution in [-0.2, 0) is 11.2 Å². The van der Waals surface area contributed by atoms with E-state index in [1.54, 1.807) is 0 Å². The molecule has 4 rings (SSSR count). The van der Waals surface area contributed by atoms with Crippen LogP contribution in [0.3, 0.4) is 0 Å². The number of nitrogens with two attached hydrogens (primary N) is 1. The van der Waals surface area contributed by atoms with Gasteiger partial charge in [0.15, 0.2) is 0 Å². The summed E-state index contributed by atoms with van der Waals surface area (Å²) in [6, 6.07) is 9.36. The number of rotatable bonds is 3. The van der Waals surface area contributed by atoms with Crippen LogP contribution in [0.5, 0.6) is 0 Å². The van der Waals surface area contributed by atoms with Gasteiger partial charge in [0.05, 0.1) is 0 Å². The highest BCUT2D eigenvalue weighted by Crippen LogP contribution is 2.43. The van der Waals surface area contributed by atoms with Crippen molar-refractivity contribution in [2.24, 2.45) is 23.5 Å². The monoisotopic (exact) mass is 340 g/mol. The Morgan fingerprint density at radius 3 is 2.56 bits per heavy atom. The van der Waals surface area contributed by atoms with Gasteiger partial charge in [-0.15, -0.1) is 0 Å². The van der Waals surface area contributed by atoms with E-state index in [1.807, 2.05) is 0 Å². The molecule has 0 aromatic heterocycles. The fraction of sp³-hybridized carbons (Fsp3) is 0.682. The molecule has 2 N–H and O–H groups in total. The Balaban J connectivity index is 1.45. The number of amides is 1. The maximum absolute atomic E-state index is 13.3. The Kier molecular flexibility index (Phi) is 4.86. The van der Waals surface area contributed by atoms with Gasteiger partial charge in [0.25, 0.3) is 0 Å². The molecule has 136 valence electrons. The summed E-state index contributed by atoms with van der Waals surface area (Å²) < 4.78 is 0. The molecule has 3 aliphatic rings. The van der Waals surface area contributed by atoms with Gasteiger partial charge >= 0.3 is 0 Å². The van der Waals surface area contributed by atoms with Gasteiger partial charge in [-0.2, -0.15) is 0 Å². The van der Waals surface area contributed by atoms with Gasteiger partial charge in [0.1, 0.15) is 0 Å². The molecular weight excluding hydrogens is 308 g/mol. The molecule has 1 aromatic carbocycles. The average Bonchev–Trinajstić information content (AvgIpc) is 3.04. The maximum Gasteiger partial charge on any atom is 0.225 e. The lowest BCUT2D eigenvalue weighted by Gasteiger charge is -2.44. The summed E-state index contributed by atoms with van der Waals surface area (Å²) in [5, 5.41) is 0. The Morgan fingerprint density at radius 2 is 1.84 bits per heavy atom. The highest BCUT2D eigenvalue weighted by molar-refractivity contribution is 5.79. The summed E-state index contributed by atoms with van der Waals surface area (Å²) in [7, 11) is 0. The van der Waals surface area contributed by atoms with Crippen LogP contribution in [-0.4, -0.2) is 29.4 Å².